The van der Waals surface area contributed by atoms with Crippen molar-refractivity contribution in [2.75, 3.05) is 37.6 Å². The molecule has 1 saturated heterocycles. The lowest BCUT2D eigenvalue weighted by molar-refractivity contribution is -0.384. The highest BCUT2D eigenvalue weighted by molar-refractivity contribution is 5.97. The van der Waals surface area contributed by atoms with Crippen molar-refractivity contribution in [3.8, 4) is 0 Å². The Bertz CT molecular complexity index is 838. The van der Waals surface area contributed by atoms with Gasteiger partial charge in [-0.2, -0.15) is 0 Å². The molecule has 27 heavy (non-hydrogen) atoms. The Morgan fingerprint density at radius 3 is 2.37 bits per heavy atom. The van der Waals surface area contributed by atoms with Gasteiger partial charge in [0.25, 0.3) is 11.6 Å². The van der Waals surface area contributed by atoms with E-state index in [4.69, 9.17) is 4.42 Å². The number of nitro groups is 1. The minimum atomic E-state index is -0.431. The van der Waals surface area contributed by atoms with Crippen LogP contribution in [-0.2, 0) is 4.79 Å². The van der Waals surface area contributed by atoms with Crippen LogP contribution in [0.15, 0.2) is 41.0 Å². The van der Waals surface area contributed by atoms with Crippen LogP contribution in [0.3, 0.4) is 0 Å². The molecule has 9 heteroatoms. The normalized spacial score (nSPS) is 14.1. The van der Waals surface area contributed by atoms with Gasteiger partial charge < -0.3 is 19.5 Å². The fourth-order valence-corrected chi connectivity index (χ4v) is 2.98. The van der Waals surface area contributed by atoms with Crippen LogP contribution in [-0.4, -0.2) is 54.4 Å². The van der Waals surface area contributed by atoms with Gasteiger partial charge in [0.05, 0.1) is 23.3 Å². The second-order valence-electron chi connectivity index (χ2n) is 6.21. The summed E-state index contributed by atoms with van der Waals surface area (Å²) >= 11 is 0. The molecule has 1 fully saturated rings. The molecule has 0 spiro atoms. The van der Waals surface area contributed by atoms with E-state index in [2.05, 4.69) is 10.2 Å². The van der Waals surface area contributed by atoms with Gasteiger partial charge in [-0.15, -0.1) is 0 Å². The number of carbonyl (C=O) groups excluding carboxylic acids is 2. The van der Waals surface area contributed by atoms with Gasteiger partial charge in [-0.05, 0) is 25.1 Å². The number of rotatable bonds is 5. The minimum absolute atomic E-state index is 0.0520. The molecule has 9 nitrogen and oxygen atoms in total. The lowest BCUT2D eigenvalue weighted by atomic mass is 10.2. The first kappa shape index (κ1) is 18.4. The molecule has 0 aliphatic carbocycles. The average Bonchev–Trinajstić information content (AvgIpc) is 3.12. The summed E-state index contributed by atoms with van der Waals surface area (Å²) in [5.41, 5.74) is 1.36. The number of anilines is 1. The van der Waals surface area contributed by atoms with Gasteiger partial charge in [0.1, 0.15) is 5.76 Å². The van der Waals surface area contributed by atoms with Gasteiger partial charge in [0.15, 0.2) is 0 Å². The smallest absolute Gasteiger partial charge is 0.269 e. The number of hydrogen-bond acceptors (Lipinski definition) is 6. The number of aryl methyl sites for hydroxylation is 1. The SMILES string of the molecule is Cc1occc1C(=O)NCC(=O)N1CCN(c2ccc([N+](=O)[O-])cc2)CC1. The van der Waals surface area contributed by atoms with E-state index in [0.29, 0.717) is 37.5 Å². The van der Waals surface area contributed by atoms with Crippen molar-refractivity contribution >= 4 is 23.2 Å². The molecule has 142 valence electrons. The monoisotopic (exact) mass is 372 g/mol. The zero-order valence-electron chi connectivity index (χ0n) is 14.9. The molecule has 3 rings (SSSR count). The lowest BCUT2D eigenvalue weighted by Gasteiger charge is -2.36. The number of amides is 2. The summed E-state index contributed by atoms with van der Waals surface area (Å²) in [6.45, 7) is 3.92. The van der Waals surface area contributed by atoms with Crippen LogP contribution in [0, 0.1) is 17.0 Å². The zero-order chi connectivity index (χ0) is 19.4. The van der Waals surface area contributed by atoms with Crippen LogP contribution in [0.2, 0.25) is 0 Å². The van der Waals surface area contributed by atoms with E-state index >= 15 is 0 Å². The van der Waals surface area contributed by atoms with Crippen molar-refractivity contribution < 1.29 is 18.9 Å². The Balaban J connectivity index is 1.48. The maximum atomic E-state index is 12.3. The molecule has 1 aromatic carbocycles. The zero-order valence-corrected chi connectivity index (χ0v) is 14.9. The summed E-state index contributed by atoms with van der Waals surface area (Å²) in [5, 5.41) is 13.3. The predicted octanol–water partition coefficient (Wildman–Crippen LogP) is 1.57. The first-order valence-corrected chi connectivity index (χ1v) is 8.55. The standard InChI is InChI=1S/C18H20N4O5/c1-13-16(6-11-27-13)18(24)19-12-17(23)21-9-7-20(8-10-21)14-2-4-15(5-3-14)22(25)26/h2-6,11H,7-10,12H2,1H3,(H,19,24). The summed E-state index contributed by atoms with van der Waals surface area (Å²) in [7, 11) is 0. The van der Waals surface area contributed by atoms with Crippen molar-refractivity contribution in [1.29, 1.82) is 0 Å². The van der Waals surface area contributed by atoms with Gasteiger partial charge in [0, 0.05) is 44.0 Å². The lowest BCUT2D eigenvalue weighted by Crippen LogP contribution is -2.51. The number of benzene rings is 1. The topological polar surface area (TPSA) is 109 Å². The number of non-ortho nitro benzene ring substituents is 1. The first-order valence-electron chi connectivity index (χ1n) is 8.55. The highest BCUT2D eigenvalue weighted by Crippen LogP contribution is 2.20. The minimum Gasteiger partial charge on any atom is -0.469 e. The van der Waals surface area contributed by atoms with Crippen LogP contribution in [0.25, 0.3) is 0 Å². The summed E-state index contributed by atoms with van der Waals surface area (Å²) in [5.74, 6) is 0.0311. The number of furan rings is 1. The number of carbonyl (C=O) groups is 2. The Labute approximate surface area is 155 Å². The highest BCUT2D eigenvalue weighted by Gasteiger charge is 2.22. The van der Waals surface area contributed by atoms with E-state index in [1.165, 1.54) is 18.4 Å². The Kier molecular flexibility index (Phi) is 5.39. The molecule has 0 atom stereocenters. The van der Waals surface area contributed by atoms with Crippen LogP contribution in [0.1, 0.15) is 16.1 Å². The van der Waals surface area contributed by atoms with Crippen molar-refractivity contribution in [3.05, 3.63) is 58.0 Å². The molecule has 2 heterocycles. The average molecular weight is 372 g/mol. The third-order valence-electron chi connectivity index (χ3n) is 4.56. The fourth-order valence-electron chi connectivity index (χ4n) is 2.98. The number of piperazine rings is 1. The van der Waals surface area contributed by atoms with E-state index in [0.717, 1.165) is 5.69 Å². The number of nitro benzene ring substituents is 1. The molecule has 0 bridgehead atoms. The molecule has 0 radical (unpaired) electrons. The number of nitrogens with one attached hydrogen (secondary N) is 1. The van der Waals surface area contributed by atoms with E-state index in [1.807, 2.05) is 0 Å². The molecular weight excluding hydrogens is 352 g/mol. The second kappa shape index (κ2) is 7.90. The van der Waals surface area contributed by atoms with E-state index in [9.17, 15) is 19.7 Å². The maximum Gasteiger partial charge on any atom is 0.269 e. The Morgan fingerprint density at radius 2 is 1.81 bits per heavy atom. The molecule has 1 aromatic heterocycles. The molecule has 1 aliphatic rings. The third-order valence-corrected chi connectivity index (χ3v) is 4.56. The largest absolute Gasteiger partial charge is 0.469 e. The fraction of sp³-hybridized carbons (Fsp3) is 0.333. The van der Waals surface area contributed by atoms with Crippen molar-refractivity contribution in [2.45, 2.75) is 6.92 Å². The van der Waals surface area contributed by atoms with Crippen molar-refractivity contribution in [2.24, 2.45) is 0 Å². The van der Waals surface area contributed by atoms with Gasteiger partial charge in [-0.1, -0.05) is 0 Å². The maximum absolute atomic E-state index is 12.3. The molecule has 2 aromatic rings. The number of nitrogens with zero attached hydrogens (tertiary/aromatic N) is 3. The van der Waals surface area contributed by atoms with Crippen LogP contribution >= 0.6 is 0 Å². The Hall–Kier alpha value is -3.36. The summed E-state index contributed by atoms with van der Waals surface area (Å²) in [6, 6.07) is 7.94. The summed E-state index contributed by atoms with van der Waals surface area (Å²) < 4.78 is 5.08. The quantitative estimate of drug-likeness (QED) is 0.630. The molecular formula is C18H20N4O5. The van der Waals surface area contributed by atoms with Crippen molar-refractivity contribution in [1.82, 2.24) is 10.2 Å². The summed E-state index contributed by atoms with van der Waals surface area (Å²) in [6.07, 6.45) is 1.43. The predicted molar refractivity (Wildman–Crippen MR) is 97.7 cm³/mol. The van der Waals surface area contributed by atoms with Gasteiger partial charge in [0.2, 0.25) is 5.91 Å². The molecule has 0 saturated carbocycles. The summed E-state index contributed by atoms with van der Waals surface area (Å²) in [4.78, 5) is 38.4. The van der Waals surface area contributed by atoms with Crippen molar-refractivity contribution in [3.63, 3.8) is 0 Å². The molecule has 2 amide bonds. The Morgan fingerprint density at radius 1 is 1.15 bits per heavy atom. The highest BCUT2D eigenvalue weighted by atomic mass is 16.6. The first-order chi connectivity index (χ1) is 13.0. The van der Waals surface area contributed by atoms with Gasteiger partial charge >= 0.3 is 0 Å². The third kappa shape index (κ3) is 4.25. The van der Waals surface area contributed by atoms with E-state index in [1.54, 1.807) is 30.0 Å². The second-order valence-corrected chi connectivity index (χ2v) is 6.21. The van der Waals surface area contributed by atoms with Gasteiger partial charge in [-0.3, -0.25) is 19.7 Å². The molecule has 1 N–H and O–H groups in total. The molecule has 0 unspecified atom stereocenters. The van der Waals surface area contributed by atoms with Crippen LogP contribution < -0.4 is 10.2 Å². The van der Waals surface area contributed by atoms with Crippen LogP contribution in [0.4, 0.5) is 11.4 Å². The van der Waals surface area contributed by atoms with Crippen LogP contribution in [0.5, 0.6) is 0 Å². The number of hydrogen-bond donors (Lipinski definition) is 1. The van der Waals surface area contributed by atoms with E-state index in [-0.39, 0.29) is 24.0 Å². The molecule has 1 aliphatic heterocycles. The van der Waals surface area contributed by atoms with Gasteiger partial charge in [-0.25, -0.2) is 0 Å². The van der Waals surface area contributed by atoms with E-state index < -0.39 is 4.92 Å².